The Bertz CT molecular complexity index is 1130. The van der Waals surface area contributed by atoms with E-state index >= 15 is 0 Å². The van der Waals surface area contributed by atoms with Crippen molar-refractivity contribution in [3.05, 3.63) is 83.4 Å². The van der Waals surface area contributed by atoms with Crippen LogP contribution in [0.1, 0.15) is 31.4 Å². The van der Waals surface area contributed by atoms with Gasteiger partial charge in [-0.05, 0) is 49.2 Å². The largest absolute Gasteiger partial charge is 0.383 e. The van der Waals surface area contributed by atoms with Gasteiger partial charge >= 0.3 is 0 Å². The van der Waals surface area contributed by atoms with Gasteiger partial charge in [-0.25, -0.2) is 0 Å². The fourth-order valence-electron chi connectivity index (χ4n) is 5.16. The number of benzene rings is 3. The number of rotatable bonds is 4. The Kier molecular flexibility index (Phi) is 5.06. The normalized spacial score (nSPS) is 22.7. The van der Waals surface area contributed by atoms with E-state index in [4.69, 9.17) is 11.6 Å². The van der Waals surface area contributed by atoms with Crippen molar-refractivity contribution < 1.29 is 5.11 Å². The molecule has 1 aliphatic heterocycles. The lowest BCUT2D eigenvalue weighted by molar-refractivity contribution is -0.0681. The molecular formula is C26H27ClN2O. The van der Waals surface area contributed by atoms with Gasteiger partial charge in [0.2, 0.25) is 0 Å². The Hall–Kier alpha value is -2.33. The van der Waals surface area contributed by atoms with E-state index in [0.29, 0.717) is 11.4 Å². The maximum absolute atomic E-state index is 12.2. The lowest BCUT2D eigenvalue weighted by Gasteiger charge is -2.46. The summed E-state index contributed by atoms with van der Waals surface area (Å²) in [6.45, 7) is 4.97. The molecule has 4 heteroatoms. The second kappa shape index (κ2) is 7.73. The van der Waals surface area contributed by atoms with Crippen LogP contribution in [0.15, 0.2) is 72.8 Å². The van der Waals surface area contributed by atoms with Crippen molar-refractivity contribution in [2.45, 2.75) is 31.4 Å². The van der Waals surface area contributed by atoms with Crippen LogP contribution in [-0.4, -0.2) is 34.2 Å². The van der Waals surface area contributed by atoms with E-state index in [1.165, 1.54) is 21.8 Å². The predicted molar refractivity (Wildman–Crippen MR) is 125 cm³/mol. The topological polar surface area (TPSA) is 28.4 Å². The molecule has 154 valence electrons. The highest BCUT2D eigenvalue weighted by molar-refractivity contribution is 6.30. The summed E-state index contributed by atoms with van der Waals surface area (Å²) in [6, 6.07) is 24.7. The highest BCUT2D eigenvalue weighted by Crippen LogP contribution is 2.44. The molecule has 1 N–H and O–H groups in total. The minimum absolute atomic E-state index is 0.0937. The van der Waals surface area contributed by atoms with Crippen LogP contribution in [0.2, 0.25) is 5.02 Å². The van der Waals surface area contributed by atoms with Crippen molar-refractivity contribution in [1.29, 1.82) is 0 Å². The molecule has 2 atom stereocenters. The van der Waals surface area contributed by atoms with E-state index < -0.39 is 5.60 Å². The molecule has 2 heterocycles. The van der Waals surface area contributed by atoms with Gasteiger partial charge in [-0.3, -0.25) is 0 Å². The molecule has 2 unspecified atom stereocenters. The number of aliphatic hydroxyl groups is 1. The van der Waals surface area contributed by atoms with E-state index in [0.717, 1.165) is 31.6 Å². The number of halogens is 1. The molecule has 0 amide bonds. The molecule has 1 aromatic heterocycles. The Morgan fingerprint density at radius 2 is 1.53 bits per heavy atom. The fraction of sp³-hybridized carbons (Fsp3) is 0.308. The summed E-state index contributed by atoms with van der Waals surface area (Å²) in [7, 11) is 0. The first-order valence-corrected chi connectivity index (χ1v) is 11.2. The summed E-state index contributed by atoms with van der Waals surface area (Å²) < 4.78 is 2.38. The monoisotopic (exact) mass is 418 g/mol. The molecule has 0 saturated carbocycles. The van der Waals surface area contributed by atoms with Gasteiger partial charge in [0.05, 0.1) is 6.04 Å². The van der Waals surface area contributed by atoms with Crippen LogP contribution in [0, 0.1) is 0 Å². The lowest BCUT2D eigenvalue weighted by atomic mass is 9.80. The zero-order valence-electron chi connectivity index (χ0n) is 17.3. The standard InChI is InChI=1S/C26H27ClN2O/c1-2-16-28-17-15-26(30,19-11-13-20(27)14-12-19)25(18-28)29-23-9-5-3-7-21(23)22-8-4-6-10-24(22)29/h3-14,25,30H,2,15-18H2,1H3. The summed E-state index contributed by atoms with van der Waals surface area (Å²) in [4.78, 5) is 2.48. The highest BCUT2D eigenvalue weighted by Gasteiger charge is 2.44. The van der Waals surface area contributed by atoms with E-state index in [1.54, 1.807) is 0 Å². The SMILES string of the molecule is CCCN1CCC(O)(c2ccc(Cl)cc2)C(n2c3ccccc3c3ccccc32)C1. The van der Waals surface area contributed by atoms with Crippen LogP contribution >= 0.6 is 11.6 Å². The van der Waals surface area contributed by atoms with Crippen LogP contribution in [-0.2, 0) is 5.60 Å². The quantitative estimate of drug-likeness (QED) is 0.440. The van der Waals surface area contributed by atoms with Gasteiger partial charge in [0.15, 0.2) is 0 Å². The average Bonchev–Trinajstić information content (AvgIpc) is 3.10. The van der Waals surface area contributed by atoms with Crippen molar-refractivity contribution in [2.24, 2.45) is 0 Å². The number of likely N-dealkylation sites (tertiary alicyclic amines) is 1. The molecule has 3 aromatic carbocycles. The molecule has 1 aliphatic rings. The average molecular weight is 419 g/mol. The molecule has 4 aromatic rings. The summed E-state index contributed by atoms with van der Waals surface area (Å²) in [5, 5.41) is 15.3. The Balaban J connectivity index is 1.74. The number of aromatic nitrogens is 1. The number of fused-ring (bicyclic) bond motifs is 3. The molecule has 0 bridgehead atoms. The molecule has 30 heavy (non-hydrogen) atoms. The molecule has 5 rings (SSSR count). The molecule has 0 aliphatic carbocycles. The van der Waals surface area contributed by atoms with Gasteiger partial charge in [-0.2, -0.15) is 0 Å². The van der Waals surface area contributed by atoms with E-state index in [2.05, 4.69) is 64.9 Å². The van der Waals surface area contributed by atoms with Gasteiger partial charge < -0.3 is 14.6 Å². The van der Waals surface area contributed by atoms with Gasteiger partial charge in [0.1, 0.15) is 5.60 Å². The molecule has 0 radical (unpaired) electrons. The van der Waals surface area contributed by atoms with E-state index in [9.17, 15) is 5.11 Å². The molecule has 3 nitrogen and oxygen atoms in total. The third kappa shape index (κ3) is 3.13. The first kappa shape index (κ1) is 19.6. The summed E-state index contributed by atoms with van der Waals surface area (Å²) in [5.41, 5.74) is 2.33. The Morgan fingerprint density at radius 3 is 2.13 bits per heavy atom. The lowest BCUT2D eigenvalue weighted by Crippen LogP contribution is -2.50. The fourth-order valence-corrected chi connectivity index (χ4v) is 5.29. The van der Waals surface area contributed by atoms with Gasteiger partial charge in [-0.1, -0.05) is 67.1 Å². The molecule has 0 spiro atoms. The van der Waals surface area contributed by atoms with Gasteiger partial charge in [0, 0.05) is 39.9 Å². The Labute approximate surface area is 182 Å². The molecular weight excluding hydrogens is 392 g/mol. The molecule has 1 fully saturated rings. The zero-order valence-corrected chi connectivity index (χ0v) is 18.0. The van der Waals surface area contributed by atoms with Crippen LogP contribution < -0.4 is 0 Å². The van der Waals surface area contributed by atoms with Crippen molar-refractivity contribution in [3.8, 4) is 0 Å². The zero-order chi connectivity index (χ0) is 20.7. The van der Waals surface area contributed by atoms with E-state index in [1.807, 2.05) is 24.3 Å². The first-order chi connectivity index (χ1) is 14.6. The number of nitrogens with zero attached hydrogens (tertiary/aromatic N) is 2. The number of hydrogen-bond acceptors (Lipinski definition) is 2. The van der Waals surface area contributed by atoms with Gasteiger partial charge in [-0.15, -0.1) is 0 Å². The van der Waals surface area contributed by atoms with Crippen LogP contribution in [0.5, 0.6) is 0 Å². The second-order valence-electron chi connectivity index (χ2n) is 8.40. The van der Waals surface area contributed by atoms with Crippen molar-refractivity contribution in [3.63, 3.8) is 0 Å². The second-order valence-corrected chi connectivity index (χ2v) is 8.84. The first-order valence-electron chi connectivity index (χ1n) is 10.8. The summed E-state index contributed by atoms with van der Waals surface area (Å²) in [5.74, 6) is 0. The minimum Gasteiger partial charge on any atom is -0.383 e. The summed E-state index contributed by atoms with van der Waals surface area (Å²) >= 11 is 6.16. The number of piperidine rings is 1. The smallest absolute Gasteiger partial charge is 0.113 e. The number of hydrogen-bond donors (Lipinski definition) is 1. The van der Waals surface area contributed by atoms with Gasteiger partial charge in [0.25, 0.3) is 0 Å². The van der Waals surface area contributed by atoms with Crippen molar-refractivity contribution >= 4 is 33.4 Å². The van der Waals surface area contributed by atoms with E-state index in [-0.39, 0.29) is 6.04 Å². The predicted octanol–water partition coefficient (Wildman–Crippen LogP) is 5.99. The summed E-state index contributed by atoms with van der Waals surface area (Å²) in [6.07, 6.45) is 1.80. The Morgan fingerprint density at radius 1 is 0.933 bits per heavy atom. The maximum atomic E-state index is 12.2. The third-order valence-corrected chi connectivity index (χ3v) is 6.86. The highest BCUT2D eigenvalue weighted by atomic mass is 35.5. The molecule has 1 saturated heterocycles. The minimum atomic E-state index is -0.959. The number of para-hydroxylation sites is 2. The van der Waals surface area contributed by atoms with Crippen molar-refractivity contribution in [2.75, 3.05) is 19.6 Å². The van der Waals surface area contributed by atoms with Crippen LogP contribution in [0.25, 0.3) is 21.8 Å². The third-order valence-electron chi connectivity index (χ3n) is 6.60. The maximum Gasteiger partial charge on any atom is 0.113 e. The van der Waals surface area contributed by atoms with Crippen LogP contribution in [0.3, 0.4) is 0 Å². The van der Waals surface area contributed by atoms with Crippen molar-refractivity contribution in [1.82, 2.24) is 9.47 Å². The van der Waals surface area contributed by atoms with Crippen LogP contribution in [0.4, 0.5) is 0 Å².